The fourth-order valence-electron chi connectivity index (χ4n) is 1.90. The van der Waals surface area contributed by atoms with Crippen molar-refractivity contribution >= 4 is 29.1 Å². The molecular formula is C14H16Cl2N4O2. The van der Waals surface area contributed by atoms with Crippen molar-refractivity contribution < 1.29 is 9.90 Å². The van der Waals surface area contributed by atoms with Gasteiger partial charge in [0, 0.05) is 12.5 Å². The second-order valence-electron chi connectivity index (χ2n) is 4.91. The van der Waals surface area contributed by atoms with Crippen LogP contribution in [0.25, 0.3) is 5.69 Å². The summed E-state index contributed by atoms with van der Waals surface area (Å²) in [6.45, 7) is 3.85. The maximum absolute atomic E-state index is 12.0. The van der Waals surface area contributed by atoms with E-state index in [1.807, 2.05) is 13.8 Å². The molecular weight excluding hydrogens is 327 g/mol. The number of halogens is 2. The van der Waals surface area contributed by atoms with Crippen molar-refractivity contribution in [3.8, 4) is 5.69 Å². The third-order valence-electron chi connectivity index (χ3n) is 2.90. The number of nitrogens with zero attached hydrogens (tertiary/aromatic N) is 3. The molecule has 0 radical (unpaired) electrons. The molecule has 0 bridgehead atoms. The molecule has 0 unspecified atom stereocenters. The van der Waals surface area contributed by atoms with Gasteiger partial charge >= 0.3 is 0 Å². The Morgan fingerprint density at radius 2 is 2.00 bits per heavy atom. The summed E-state index contributed by atoms with van der Waals surface area (Å²) < 4.78 is 1.49. The van der Waals surface area contributed by atoms with Crippen molar-refractivity contribution in [3.63, 3.8) is 0 Å². The first-order valence-corrected chi connectivity index (χ1v) is 7.51. The Morgan fingerprint density at radius 3 is 2.55 bits per heavy atom. The first-order chi connectivity index (χ1) is 10.5. The average molecular weight is 343 g/mol. The van der Waals surface area contributed by atoms with Crippen LogP contribution in [0.5, 0.6) is 0 Å². The molecule has 0 saturated carbocycles. The zero-order valence-corrected chi connectivity index (χ0v) is 13.7. The van der Waals surface area contributed by atoms with Gasteiger partial charge in [-0.1, -0.05) is 43.1 Å². The van der Waals surface area contributed by atoms with E-state index < -0.39 is 5.91 Å². The number of nitrogens with one attached hydrogen (secondary N) is 1. The van der Waals surface area contributed by atoms with Crippen LogP contribution < -0.4 is 5.32 Å². The number of aliphatic hydroxyl groups excluding tert-OH is 1. The quantitative estimate of drug-likeness (QED) is 0.874. The minimum atomic E-state index is -0.460. The minimum Gasteiger partial charge on any atom is -0.395 e. The van der Waals surface area contributed by atoms with E-state index in [0.29, 0.717) is 21.6 Å². The van der Waals surface area contributed by atoms with E-state index in [1.54, 1.807) is 18.2 Å². The fraction of sp³-hybridized carbons (Fsp3) is 0.357. The highest BCUT2D eigenvalue weighted by Gasteiger charge is 2.21. The van der Waals surface area contributed by atoms with Gasteiger partial charge in [0.1, 0.15) is 11.5 Å². The van der Waals surface area contributed by atoms with Crippen LogP contribution in [0.1, 0.15) is 36.2 Å². The van der Waals surface area contributed by atoms with Gasteiger partial charge in [-0.2, -0.15) is 0 Å². The molecule has 0 aliphatic rings. The second-order valence-corrected chi connectivity index (χ2v) is 5.72. The largest absolute Gasteiger partial charge is 0.395 e. The molecule has 1 amide bonds. The predicted octanol–water partition coefficient (Wildman–Crippen LogP) is 2.42. The minimum absolute atomic E-state index is 0.00753. The molecule has 2 N–H and O–H groups in total. The number of hydrogen-bond donors (Lipinski definition) is 2. The van der Waals surface area contributed by atoms with Crippen molar-refractivity contribution in [2.75, 3.05) is 13.2 Å². The van der Waals surface area contributed by atoms with Gasteiger partial charge in [-0.05, 0) is 12.1 Å². The molecule has 22 heavy (non-hydrogen) atoms. The van der Waals surface area contributed by atoms with Gasteiger partial charge in [0.25, 0.3) is 5.91 Å². The molecule has 1 aromatic carbocycles. The standard InChI is InChI=1S/C14H16Cl2N4O2/c1-8(2)13-18-12(14(22)17-6-7-21)19-20(13)11-9(15)4-3-5-10(11)16/h3-5,8,21H,6-7H2,1-2H3,(H,17,22). The summed E-state index contributed by atoms with van der Waals surface area (Å²) in [5.74, 6) is 0.134. The lowest BCUT2D eigenvalue weighted by atomic mass is 10.2. The Balaban J connectivity index is 2.51. The Bertz CT molecular complexity index is 665. The predicted molar refractivity (Wildman–Crippen MR) is 84.9 cm³/mol. The molecule has 0 aliphatic carbocycles. The highest BCUT2D eigenvalue weighted by atomic mass is 35.5. The second kappa shape index (κ2) is 7.09. The smallest absolute Gasteiger partial charge is 0.291 e. The van der Waals surface area contributed by atoms with E-state index >= 15 is 0 Å². The first-order valence-electron chi connectivity index (χ1n) is 6.76. The molecule has 0 spiro atoms. The van der Waals surface area contributed by atoms with Crippen LogP contribution in [0.15, 0.2) is 18.2 Å². The topological polar surface area (TPSA) is 80.0 Å². The summed E-state index contributed by atoms with van der Waals surface area (Å²) in [7, 11) is 0. The molecule has 1 aromatic heterocycles. The number of rotatable bonds is 5. The van der Waals surface area contributed by atoms with Gasteiger partial charge in [-0.3, -0.25) is 4.79 Å². The summed E-state index contributed by atoms with van der Waals surface area (Å²) in [6.07, 6.45) is 0. The number of aromatic nitrogens is 3. The van der Waals surface area contributed by atoms with E-state index in [2.05, 4.69) is 15.4 Å². The van der Waals surface area contributed by atoms with Crippen LogP contribution in [-0.2, 0) is 0 Å². The summed E-state index contributed by atoms with van der Waals surface area (Å²) in [4.78, 5) is 16.2. The lowest BCUT2D eigenvalue weighted by Crippen LogP contribution is -2.27. The lowest BCUT2D eigenvalue weighted by molar-refractivity contribution is 0.0934. The van der Waals surface area contributed by atoms with E-state index in [1.165, 1.54) is 4.68 Å². The molecule has 118 valence electrons. The van der Waals surface area contributed by atoms with Crippen LogP contribution in [0.3, 0.4) is 0 Å². The van der Waals surface area contributed by atoms with Crippen LogP contribution in [-0.4, -0.2) is 38.9 Å². The van der Waals surface area contributed by atoms with Crippen molar-refractivity contribution in [1.82, 2.24) is 20.1 Å². The van der Waals surface area contributed by atoms with E-state index in [0.717, 1.165) is 0 Å². The van der Waals surface area contributed by atoms with Crippen LogP contribution in [0.4, 0.5) is 0 Å². The third-order valence-corrected chi connectivity index (χ3v) is 3.51. The fourth-order valence-corrected chi connectivity index (χ4v) is 2.46. The molecule has 2 rings (SSSR count). The van der Waals surface area contributed by atoms with Gasteiger partial charge in [-0.25, -0.2) is 9.67 Å². The van der Waals surface area contributed by atoms with Gasteiger partial charge in [0.2, 0.25) is 5.82 Å². The van der Waals surface area contributed by atoms with E-state index in [-0.39, 0.29) is 24.9 Å². The number of carbonyl (C=O) groups is 1. The van der Waals surface area contributed by atoms with Gasteiger partial charge in [-0.15, -0.1) is 5.10 Å². The third kappa shape index (κ3) is 3.40. The molecule has 0 saturated heterocycles. The highest BCUT2D eigenvalue weighted by Crippen LogP contribution is 2.30. The number of amides is 1. The van der Waals surface area contributed by atoms with Gasteiger partial charge in [0.05, 0.1) is 16.7 Å². The van der Waals surface area contributed by atoms with Crippen molar-refractivity contribution in [3.05, 3.63) is 39.9 Å². The normalized spacial score (nSPS) is 11.0. The highest BCUT2D eigenvalue weighted by molar-refractivity contribution is 6.37. The van der Waals surface area contributed by atoms with Crippen molar-refractivity contribution in [2.24, 2.45) is 0 Å². The first kappa shape index (κ1) is 16.7. The molecule has 0 fully saturated rings. The average Bonchev–Trinajstić information content (AvgIpc) is 2.89. The Morgan fingerprint density at radius 1 is 1.36 bits per heavy atom. The Labute approximate surface area is 138 Å². The number of benzene rings is 1. The van der Waals surface area contributed by atoms with Crippen molar-refractivity contribution in [2.45, 2.75) is 19.8 Å². The zero-order chi connectivity index (χ0) is 16.3. The van der Waals surface area contributed by atoms with Crippen molar-refractivity contribution in [1.29, 1.82) is 0 Å². The Hall–Kier alpha value is -1.63. The molecule has 8 heteroatoms. The summed E-state index contributed by atoms with van der Waals surface area (Å²) in [6, 6.07) is 5.12. The van der Waals surface area contributed by atoms with Gasteiger partial charge < -0.3 is 10.4 Å². The monoisotopic (exact) mass is 342 g/mol. The summed E-state index contributed by atoms with van der Waals surface area (Å²) in [5.41, 5.74) is 0.489. The number of para-hydroxylation sites is 1. The Kier molecular flexibility index (Phi) is 5.39. The number of aliphatic hydroxyl groups is 1. The van der Waals surface area contributed by atoms with Crippen LogP contribution in [0.2, 0.25) is 10.0 Å². The SMILES string of the molecule is CC(C)c1nc(C(=O)NCCO)nn1-c1c(Cl)cccc1Cl. The maximum atomic E-state index is 12.0. The number of hydrogen-bond acceptors (Lipinski definition) is 4. The molecule has 0 atom stereocenters. The van der Waals surface area contributed by atoms with E-state index in [4.69, 9.17) is 28.3 Å². The number of carbonyl (C=O) groups excluding carboxylic acids is 1. The molecule has 2 aromatic rings. The summed E-state index contributed by atoms with van der Waals surface area (Å²) in [5, 5.41) is 16.3. The lowest BCUT2D eigenvalue weighted by Gasteiger charge is -2.11. The summed E-state index contributed by atoms with van der Waals surface area (Å²) >= 11 is 12.4. The van der Waals surface area contributed by atoms with E-state index in [9.17, 15) is 4.79 Å². The molecule has 6 nitrogen and oxygen atoms in total. The zero-order valence-electron chi connectivity index (χ0n) is 12.2. The van der Waals surface area contributed by atoms with Crippen LogP contribution >= 0.6 is 23.2 Å². The van der Waals surface area contributed by atoms with Gasteiger partial charge in [0.15, 0.2) is 0 Å². The maximum Gasteiger partial charge on any atom is 0.291 e. The van der Waals surface area contributed by atoms with Crippen LogP contribution in [0, 0.1) is 0 Å². The molecule has 1 heterocycles. The molecule has 0 aliphatic heterocycles.